The van der Waals surface area contributed by atoms with Crippen molar-refractivity contribution in [1.29, 1.82) is 0 Å². The van der Waals surface area contributed by atoms with Crippen molar-refractivity contribution < 1.29 is 31.8 Å². The molecule has 0 spiro atoms. The minimum Gasteiger partial charge on any atom is -0.495 e. The predicted octanol–water partition coefficient (Wildman–Crippen LogP) is 3.06. The van der Waals surface area contributed by atoms with E-state index in [0.717, 1.165) is 6.20 Å². The molecule has 2 aromatic rings. The molecule has 0 unspecified atom stereocenters. The quantitative estimate of drug-likeness (QED) is 0.277. The average molecular weight is 359 g/mol. The summed E-state index contributed by atoms with van der Waals surface area (Å²) in [6.07, 6.45) is 1.09. The Balaban J connectivity index is 2.43. The van der Waals surface area contributed by atoms with E-state index in [0.29, 0.717) is 10.3 Å². The van der Waals surface area contributed by atoms with Crippen molar-refractivity contribution in [2.45, 2.75) is 0 Å². The number of benzene rings is 1. The first-order chi connectivity index (χ1) is 11.6. The minimum absolute atomic E-state index is 0.0141. The van der Waals surface area contributed by atoms with E-state index in [1.54, 1.807) is 0 Å². The molecular weight excluding hydrogens is 344 g/mol. The first-order valence-electron chi connectivity index (χ1n) is 6.97. The zero-order valence-corrected chi connectivity index (χ0v) is 13.9. The number of rotatable bonds is 4. The van der Waals surface area contributed by atoms with Gasteiger partial charge in [0, 0.05) is 6.07 Å². The van der Waals surface area contributed by atoms with Crippen molar-refractivity contribution in [2.24, 2.45) is 0 Å². The summed E-state index contributed by atoms with van der Waals surface area (Å²) >= 11 is 0. The van der Waals surface area contributed by atoms with Crippen molar-refractivity contribution in [1.82, 2.24) is 9.47 Å². The number of halogens is 4. The largest absolute Gasteiger partial charge is 0.495 e. The molecule has 0 aliphatic rings. The van der Waals surface area contributed by atoms with Crippen LogP contribution in [-0.4, -0.2) is 39.2 Å². The number of pyridine rings is 1. The normalized spacial score (nSPS) is 11.4. The number of hydrogen-bond donors (Lipinski definition) is 0. The molecular formula is C16H15F4N2O3+. The highest BCUT2D eigenvalue weighted by Crippen LogP contribution is 2.29. The van der Waals surface area contributed by atoms with Gasteiger partial charge in [-0.2, -0.15) is 8.78 Å². The third-order valence-electron chi connectivity index (χ3n) is 3.24. The van der Waals surface area contributed by atoms with Gasteiger partial charge in [-0.3, -0.25) is 4.48 Å². The SMILES string of the molecule is COc1cc([N+](C)(C)C)ncc1C(=O)Oc1c(F)c(F)cc(F)c1F. The van der Waals surface area contributed by atoms with Gasteiger partial charge in [-0.25, -0.2) is 18.6 Å². The van der Waals surface area contributed by atoms with E-state index in [1.165, 1.54) is 13.2 Å². The van der Waals surface area contributed by atoms with E-state index < -0.39 is 35.0 Å². The number of methoxy groups -OCH3 is 1. The molecule has 25 heavy (non-hydrogen) atoms. The molecule has 1 heterocycles. The van der Waals surface area contributed by atoms with E-state index in [1.807, 2.05) is 21.1 Å². The summed E-state index contributed by atoms with van der Waals surface area (Å²) < 4.78 is 63.5. The highest BCUT2D eigenvalue weighted by molar-refractivity contribution is 5.94. The molecule has 0 aliphatic carbocycles. The number of aromatic nitrogens is 1. The van der Waals surface area contributed by atoms with Crippen molar-refractivity contribution in [3.05, 3.63) is 47.2 Å². The monoisotopic (exact) mass is 359 g/mol. The number of carbonyl (C=O) groups is 1. The molecule has 0 bridgehead atoms. The van der Waals surface area contributed by atoms with E-state index >= 15 is 0 Å². The molecule has 0 atom stereocenters. The van der Waals surface area contributed by atoms with Crippen molar-refractivity contribution in [2.75, 3.05) is 28.3 Å². The Hall–Kier alpha value is -2.68. The fourth-order valence-electron chi connectivity index (χ4n) is 1.90. The van der Waals surface area contributed by atoms with Gasteiger partial charge in [-0.05, 0) is 0 Å². The lowest BCUT2D eigenvalue weighted by Crippen LogP contribution is -2.35. The van der Waals surface area contributed by atoms with Crippen molar-refractivity contribution in [3.63, 3.8) is 0 Å². The van der Waals surface area contributed by atoms with Crippen LogP contribution in [0.3, 0.4) is 0 Å². The Morgan fingerprint density at radius 3 is 2.08 bits per heavy atom. The van der Waals surface area contributed by atoms with Gasteiger partial charge in [0.15, 0.2) is 11.6 Å². The maximum atomic E-state index is 13.6. The molecule has 0 fully saturated rings. The first kappa shape index (κ1) is 18.7. The Kier molecular flexibility index (Phi) is 4.98. The summed E-state index contributed by atoms with van der Waals surface area (Å²) in [7, 11) is 6.73. The molecule has 0 radical (unpaired) electrons. The Morgan fingerprint density at radius 2 is 1.60 bits per heavy atom. The summed E-state index contributed by atoms with van der Waals surface area (Å²) in [5.41, 5.74) is -0.261. The van der Waals surface area contributed by atoms with Crippen LogP contribution in [0.4, 0.5) is 23.4 Å². The fraction of sp³-hybridized carbons (Fsp3) is 0.250. The Bertz CT molecular complexity index is 809. The highest BCUT2D eigenvalue weighted by atomic mass is 19.2. The molecule has 1 aromatic heterocycles. The van der Waals surface area contributed by atoms with Crippen molar-refractivity contribution >= 4 is 11.8 Å². The van der Waals surface area contributed by atoms with Crippen LogP contribution >= 0.6 is 0 Å². The number of ether oxygens (including phenoxy) is 2. The number of hydrogen-bond acceptors (Lipinski definition) is 4. The van der Waals surface area contributed by atoms with Gasteiger partial charge in [0.1, 0.15) is 11.3 Å². The number of carbonyl (C=O) groups excluding carboxylic acids is 1. The number of nitrogens with zero attached hydrogens (tertiary/aromatic N) is 2. The van der Waals surface area contributed by atoms with Gasteiger partial charge in [-0.1, -0.05) is 0 Å². The molecule has 134 valence electrons. The van der Waals surface area contributed by atoms with Gasteiger partial charge >= 0.3 is 5.97 Å². The van der Waals surface area contributed by atoms with Crippen LogP contribution in [0.2, 0.25) is 0 Å². The molecule has 5 nitrogen and oxygen atoms in total. The van der Waals surface area contributed by atoms with Gasteiger partial charge in [0.2, 0.25) is 23.2 Å². The van der Waals surface area contributed by atoms with Gasteiger partial charge < -0.3 is 9.47 Å². The van der Waals surface area contributed by atoms with Crippen LogP contribution < -0.4 is 14.0 Å². The lowest BCUT2D eigenvalue weighted by molar-refractivity contribution is 0.0713. The maximum absolute atomic E-state index is 13.6. The third-order valence-corrected chi connectivity index (χ3v) is 3.24. The van der Waals surface area contributed by atoms with Gasteiger partial charge in [-0.15, -0.1) is 0 Å². The van der Waals surface area contributed by atoms with Crippen LogP contribution in [0.5, 0.6) is 11.5 Å². The Labute approximate surface area is 141 Å². The molecule has 0 aliphatic heterocycles. The number of esters is 1. The summed E-state index contributed by atoms with van der Waals surface area (Å²) in [5.74, 6) is -9.20. The molecule has 1 aromatic carbocycles. The maximum Gasteiger partial charge on any atom is 0.349 e. The second-order valence-electron chi connectivity index (χ2n) is 5.94. The zero-order valence-electron chi connectivity index (χ0n) is 13.9. The lowest BCUT2D eigenvalue weighted by atomic mass is 10.2. The highest BCUT2D eigenvalue weighted by Gasteiger charge is 2.26. The molecule has 2 rings (SSSR count). The molecule has 9 heteroatoms. The smallest absolute Gasteiger partial charge is 0.349 e. The minimum atomic E-state index is -1.82. The summed E-state index contributed by atoms with van der Waals surface area (Å²) in [5, 5.41) is 0. The van der Waals surface area contributed by atoms with Crippen molar-refractivity contribution in [3.8, 4) is 11.5 Å². The topological polar surface area (TPSA) is 48.4 Å². The van der Waals surface area contributed by atoms with Gasteiger partial charge in [0.05, 0.1) is 40.5 Å². The number of quaternary nitrogens is 1. The summed E-state index contributed by atoms with van der Waals surface area (Å²) in [6, 6.07) is 1.45. The predicted molar refractivity (Wildman–Crippen MR) is 81.6 cm³/mol. The van der Waals surface area contributed by atoms with E-state index in [-0.39, 0.29) is 17.4 Å². The summed E-state index contributed by atoms with van der Waals surface area (Å²) in [6.45, 7) is 0. The van der Waals surface area contributed by atoms with Crippen LogP contribution in [0, 0.1) is 23.3 Å². The zero-order chi connectivity index (χ0) is 18.9. The molecule has 0 amide bonds. The second-order valence-corrected chi connectivity index (χ2v) is 5.94. The lowest BCUT2D eigenvalue weighted by Gasteiger charge is -2.22. The summed E-state index contributed by atoms with van der Waals surface area (Å²) in [4.78, 5) is 16.2. The molecule has 0 saturated carbocycles. The van der Waals surface area contributed by atoms with Crippen LogP contribution in [0.1, 0.15) is 10.4 Å². The fourth-order valence-corrected chi connectivity index (χ4v) is 1.90. The second kappa shape index (κ2) is 6.67. The standard InChI is InChI=1S/C16H15F4N2O3/c1-22(2,3)12-6-11(24-4)8(7-21-12)16(23)25-15-13(19)9(17)5-10(18)14(15)20/h5-7H,1-4H3/q+1. The van der Waals surface area contributed by atoms with E-state index in [2.05, 4.69) is 9.72 Å². The first-order valence-corrected chi connectivity index (χ1v) is 6.97. The average Bonchev–Trinajstić information content (AvgIpc) is 2.55. The Morgan fingerprint density at radius 1 is 1.04 bits per heavy atom. The van der Waals surface area contributed by atoms with E-state index in [9.17, 15) is 22.4 Å². The van der Waals surface area contributed by atoms with E-state index in [4.69, 9.17) is 4.74 Å². The van der Waals surface area contributed by atoms with Crippen LogP contribution in [0.15, 0.2) is 18.3 Å². The van der Waals surface area contributed by atoms with Gasteiger partial charge in [0.25, 0.3) is 0 Å². The molecule has 0 saturated heterocycles. The molecule has 0 N–H and O–H groups in total. The third kappa shape index (κ3) is 3.71. The van der Waals surface area contributed by atoms with Crippen LogP contribution in [0.25, 0.3) is 0 Å². The van der Waals surface area contributed by atoms with Crippen LogP contribution in [-0.2, 0) is 0 Å².